The molecule has 2 unspecified atom stereocenters. The highest BCUT2D eigenvalue weighted by atomic mass is 16.1. The molecule has 0 saturated heterocycles. The zero-order chi connectivity index (χ0) is 19.1. The molecule has 1 fully saturated rings. The number of aldehydes is 1. The third-order valence-corrected chi connectivity index (χ3v) is 4.74. The van der Waals surface area contributed by atoms with Crippen molar-refractivity contribution in [3.63, 3.8) is 0 Å². The zero-order valence-electron chi connectivity index (χ0n) is 16.4. The van der Waals surface area contributed by atoms with E-state index in [9.17, 15) is 4.79 Å². The van der Waals surface area contributed by atoms with Gasteiger partial charge in [0, 0.05) is 37.1 Å². The summed E-state index contributed by atoms with van der Waals surface area (Å²) in [4.78, 5) is 17.2. The number of likely N-dealkylation sites (N-methyl/N-ethyl adjacent to an activating group) is 1. The van der Waals surface area contributed by atoms with E-state index < -0.39 is 0 Å². The number of hydrogen-bond donors (Lipinski definition) is 2. The monoisotopic (exact) mass is 356 g/mol. The van der Waals surface area contributed by atoms with Crippen LogP contribution in [0.25, 0.3) is 0 Å². The Bertz CT molecular complexity index is 653. The quantitative estimate of drug-likeness (QED) is 0.567. The minimum absolute atomic E-state index is 0.00945. The number of hydrogen-bond acceptors (Lipinski definition) is 5. The summed E-state index contributed by atoms with van der Waals surface area (Å²) in [6.07, 6.45) is 14.9. The van der Waals surface area contributed by atoms with Gasteiger partial charge >= 0.3 is 0 Å². The molecule has 0 spiro atoms. The van der Waals surface area contributed by atoms with Crippen molar-refractivity contribution >= 4 is 12.1 Å². The van der Waals surface area contributed by atoms with Gasteiger partial charge in [0.05, 0.1) is 6.04 Å². The molecule has 0 aromatic carbocycles. The van der Waals surface area contributed by atoms with Crippen LogP contribution in [0.1, 0.15) is 40.0 Å². The highest BCUT2D eigenvalue weighted by Crippen LogP contribution is 2.33. The van der Waals surface area contributed by atoms with Crippen molar-refractivity contribution in [3.8, 4) is 0 Å². The first-order valence-corrected chi connectivity index (χ1v) is 9.49. The van der Waals surface area contributed by atoms with Crippen LogP contribution in [0.5, 0.6) is 0 Å². The number of nitrogens with zero attached hydrogens (tertiary/aromatic N) is 2. The molecule has 0 amide bonds. The van der Waals surface area contributed by atoms with E-state index in [1.165, 1.54) is 18.4 Å². The standard InChI is InChI=1S/C11H14N2O.C10H18N2/c1-8-3-4-11-12-10(9(2)7-14)6-13(11)5-8;1-3-4-9(12-2)7-10(11)8-5-6-8/h3-5,7,9-10H,6H2,1-2H3;4,7-8,12H,3,5-6,11H2,1-2H3/b;9-4-,10-7-. The van der Waals surface area contributed by atoms with Gasteiger partial charge in [0.25, 0.3) is 0 Å². The van der Waals surface area contributed by atoms with Crippen LogP contribution in [0.2, 0.25) is 0 Å². The Hall–Kier alpha value is -2.30. The molecule has 1 saturated carbocycles. The van der Waals surface area contributed by atoms with Crippen molar-refractivity contribution in [3.05, 3.63) is 47.5 Å². The molecule has 2 heterocycles. The molecule has 0 aromatic heterocycles. The molecule has 0 bridgehead atoms. The third-order valence-electron chi connectivity index (χ3n) is 4.74. The molecule has 5 nitrogen and oxygen atoms in total. The van der Waals surface area contributed by atoms with Crippen LogP contribution in [-0.4, -0.2) is 36.7 Å². The van der Waals surface area contributed by atoms with Crippen LogP contribution in [0, 0.1) is 11.8 Å². The lowest BCUT2D eigenvalue weighted by Crippen LogP contribution is -2.27. The second-order valence-corrected chi connectivity index (χ2v) is 7.14. The molecule has 3 rings (SSSR count). The first-order chi connectivity index (χ1) is 12.5. The van der Waals surface area contributed by atoms with Gasteiger partial charge in [-0.25, -0.2) is 0 Å². The molecular weight excluding hydrogens is 324 g/mol. The summed E-state index contributed by atoms with van der Waals surface area (Å²) >= 11 is 0. The molecule has 1 aliphatic carbocycles. The van der Waals surface area contributed by atoms with Crippen LogP contribution in [-0.2, 0) is 4.79 Å². The lowest BCUT2D eigenvalue weighted by atomic mass is 10.1. The summed E-state index contributed by atoms with van der Waals surface area (Å²) in [5.74, 6) is 1.66. The Morgan fingerprint density at radius 3 is 2.77 bits per heavy atom. The minimum atomic E-state index is 0.00945. The Kier molecular flexibility index (Phi) is 7.25. The molecule has 2 aliphatic heterocycles. The lowest BCUT2D eigenvalue weighted by Gasteiger charge is -2.18. The molecular formula is C21H32N4O. The number of aliphatic imine (C=N–C) groups is 1. The van der Waals surface area contributed by atoms with Gasteiger partial charge < -0.3 is 20.7 Å². The van der Waals surface area contributed by atoms with Crippen LogP contribution >= 0.6 is 0 Å². The van der Waals surface area contributed by atoms with E-state index in [2.05, 4.69) is 47.4 Å². The second kappa shape index (κ2) is 9.41. The molecule has 2 atom stereocenters. The first kappa shape index (κ1) is 20.0. The Labute approximate surface area is 157 Å². The van der Waals surface area contributed by atoms with Crippen molar-refractivity contribution < 1.29 is 4.79 Å². The maximum atomic E-state index is 10.6. The smallest absolute Gasteiger partial charge is 0.127 e. The topological polar surface area (TPSA) is 70.7 Å². The number of nitrogens with two attached hydrogens (primary N) is 1. The van der Waals surface area contributed by atoms with E-state index >= 15 is 0 Å². The van der Waals surface area contributed by atoms with Gasteiger partial charge in [-0.15, -0.1) is 0 Å². The lowest BCUT2D eigenvalue weighted by molar-refractivity contribution is -0.111. The average Bonchev–Trinajstić information content (AvgIpc) is 3.41. The Morgan fingerprint density at radius 1 is 1.46 bits per heavy atom. The highest BCUT2D eigenvalue weighted by molar-refractivity contribution is 5.96. The Morgan fingerprint density at radius 2 is 2.19 bits per heavy atom. The molecule has 5 heteroatoms. The van der Waals surface area contributed by atoms with E-state index in [4.69, 9.17) is 5.73 Å². The maximum absolute atomic E-state index is 10.6. The fourth-order valence-corrected chi connectivity index (χ4v) is 2.87. The fraction of sp³-hybridized carbons (Fsp3) is 0.524. The van der Waals surface area contributed by atoms with E-state index in [-0.39, 0.29) is 12.0 Å². The first-order valence-electron chi connectivity index (χ1n) is 9.49. The molecule has 0 aromatic rings. The Balaban J connectivity index is 0.000000190. The van der Waals surface area contributed by atoms with Crippen LogP contribution < -0.4 is 11.1 Å². The predicted molar refractivity (Wildman–Crippen MR) is 108 cm³/mol. The van der Waals surface area contributed by atoms with E-state index in [0.29, 0.717) is 5.92 Å². The SMILES string of the molecule is CC/C=C(/C=C(\N)C1CC1)NC.CC1=CN2CC(C(C)C=O)N=C2C=C1. The predicted octanol–water partition coefficient (Wildman–Crippen LogP) is 3.13. The summed E-state index contributed by atoms with van der Waals surface area (Å²) < 4.78 is 0. The van der Waals surface area contributed by atoms with Crippen LogP contribution in [0.15, 0.2) is 52.5 Å². The number of rotatable bonds is 6. The normalized spacial score (nSPS) is 23.4. The number of nitrogens with one attached hydrogen (secondary N) is 1. The van der Waals surface area contributed by atoms with Crippen molar-refractivity contribution in [1.29, 1.82) is 0 Å². The number of carbonyl (C=O) groups excluding carboxylic acids is 1. The highest BCUT2D eigenvalue weighted by Gasteiger charge is 2.27. The van der Waals surface area contributed by atoms with Crippen molar-refractivity contribution in [1.82, 2.24) is 10.2 Å². The summed E-state index contributed by atoms with van der Waals surface area (Å²) in [6, 6.07) is 0.120. The third kappa shape index (κ3) is 5.61. The second-order valence-electron chi connectivity index (χ2n) is 7.14. The van der Waals surface area contributed by atoms with Gasteiger partial charge in [0.2, 0.25) is 0 Å². The largest absolute Gasteiger partial charge is 0.402 e. The van der Waals surface area contributed by atoms with Crippen LogP contribution in [0.3, 0.4) is 0 Å². The van der Waals surface area contributed by atoms with E-state index in [1.807, 2.05) is 26.1 Å². The van der Waals surface area contributed by atoms with Gasteiger partial charge in [-0.2, -0.15) is 0 Å². The average molecular weight is 357 g/mol. The number of carbonyl (C=O) groups is 1. The minimum Gasteiger partial charge on any atom is -0.402 e. The number of fused-ring (bicyclic) bond motifs is 1. The van der Waals surface area contributed by atoms with Crippen LogP contribution in [0.4, 0.5) is 0 Å². The summed E-state index contributed by atoms with van der Waals surface area (Å²) in [5.41, 5.74) is 9.26. The summed E-state index contributed by atoms with van der Waals surface area (Å²) in [7, 11) is 1.93. The zero-order valence-corrected chi connectivity index (χ0v) is 16.4. The summed E-state index contributed by atoms with van der Waals surface area (Å²) in [6.45, 7) is 6.93. The molecule has 0 radical (unpaired) electrons. The molecule has 26 heavy (non-hydrogen) atoms. The van der Waals surface area contributed by atoms with Gasteiger partial charge in [0.15, 0.2) is 0 Å². The van der Waals surface area contributed by atoms with Crippen molar-refractivity contribution in [2.24, 2.45) is 22.6 Å². The molecule has 3 N–H and O–H groups in total. The van der Waals surface area contributed by atoms with E-state index in [1.54, 1.807) is 0 Å². The molecule has 142 valence electrons. The van der Waals surface area contributed by atoms with Crippen molar-refractivity contribution in [2.75, 3.05) is 13.6 Å². The van der Waals surface area contributed by atoms with Gasteiger partial charge in [-0.05, 0) is 49.8 Å². The van der Waals surface area contributed by atoms with E-state index in [0.717, 1.165) is 36.5 Å². The number of allylic oxidation sites excluding steroid dienone is 5. The fourth-order valence-electron chi connectivity index (χ4n) is 2.87. The maximum Gasteiger partial charge on any atom is 0.127 e. The van der Waals surface area contributed by atoms with Gasteiger partial charge in [-0.1, -0.05) is 26.0 Å². The van der Waals surface area contributed by atoms with Crippen molar-refractivity contribution in [2.45, 2.75) is 46.1 Å². The van der Waals surface area contributed by atoms with Gasteiger partial charge in [-0.3, -0.25) is 4.99 Å². The summed E-state index contributed by atoms with van der Waals surface area (Å²) in [5, 5.41) is 3.12. The number of amidine groups is 1. The van der Waals surface area contributed by atoms with Gasteiger partial charge in [0.1, 0.15) is 12.1 Å². The molecule has 3 aliphatic rings.